The molecule has 0 spiro atoms. The van der Waals surface area contributed by atoms with Crippen LogP contribution < -0.4 is 0 Å². The molecule has 0 bridgehead atoms. The van der Waals surface area contributed by atoms with Crippen LogP contribution in [0.2, 0.25) is 5.02 Å². The molecule has 1 N–H and O–H groups in total. The number of carboxylic acids is 1. The topological polar surface area (TPSA) is 40.5 Å². The molecule has 1 fully saturated rings. The molecule has 1 aromatic rings. The summed E-state index contributed by atoms with van der Waals surface area (Å²) < 4.78 is 0. The van der Waals surface area contributed by atoms with Gasteiger partial charge in [0.25, 0.3) is 0 Å². The number of carboxylic acid groups (broad SMARTS) is 1. The molecule has 1 saturated heterocycles. The second-order valence-corrected chi connectivity index (χ2v) is 5.18. The average molecular weight is 254 g/mol. The molecule has 1 aliphatic heterocycles. The Kier molecular flexibility index (Phi) is 3.40. The molecule has 0 radical (unpaired) electrons. The summed E-state index contributed by atoms with van der Waals surface area (Å²) in [5.74, 6) is -0.881. The van der Waals surface area contributed by atoms with E-state index in [0.29, 0.717) is 13.1 Å². The standard InChI is InChI=1S/C13H16ClNO2/c1-8-3-11(14)4-9(2)12(8)7-15-5-10(6-15)13(16)17/h3-4,10H,5-7H2,1-2H3,(H,16,17). The number of aliphatic carboxylic acids is 1. The zero-order chi connectivity index (χ0) is 12.6. The normalized spacial score (nSPS) is 16.9. The molecule has 1 aliphatic rings. The Hall–Kier alpha value is -1.06. The Morgan fingerprint density at radius 3 is 2.41 bits per heavy atom. The molecular formula is C13H16ClNO2. The average Bonchev–Trinajstić information content (AvgIpc) is 2.12. The van der Waals surface area contributed by atoms with Crippen LogP contribution in [-0.2, 0) is 11.3 Å². The lowest BCUT2D eigenvalue weighted by atomic mass is 9.96. The molecule has 1 aromatic carbocycles. The molecule has 0 unspecified atom stereocenters. The Morgan fingerprint density at radius 2 is 1.94 bits per heavy atom. The molecule has 0 aliphatic carbocycles. The maximum Gasteiger partial charge on any atom is 0.309 e. The number of aryl methyl sites for hydroxylation is 2. The van der Waals surface area contributed by atoms with E-state index in [1.54, 1.807) is 0 Å². The van der Waals surface area contributed by atoms with Crippen LogP contribution in [0.3, 0.4) is 0 Å². The fourth-order valence-electron chi connectivity index (χ4n) is 2.27. The quantitative estimate of drug-likeness (QED) is 0.900. The summed E-state index contributed by atoms with van der Waals surface area (Å²) in [5, 5.41) is 9.58. The van der Waals surface area contributed by atoms with Crippen molar-refractivity contribution in [1.29, 1.82) is 0 Å². The van der Waals surface area contributed by atoms with Crippen molar-refractivity contribution in [2.45, 2.75) is 20.4 Å². The van der Waals surface area contributed by atoms with Crippen LogP contribution in [0.1, 0.15) is 16.7 Å². The van der Waals surface area contributed by atoms with Gasteiger partial charge in [0.15, 0.2) is 0 Å². The van der Waals surface area contributed by atoms with E-state index >= 15 is 0 Å². The number of halogens is 1. The Labute approximate surface area is 106 Å². The largest absolute Gasteiger partial charge is 0.481 e. The summed E-state index contributed by atoms with van der Waals surface area (Å²) >= 11 is 5.98. The minimum atomic E-state index is -0.689. The number of hydrogen-bond donors (Lipinski definition) is 1. The van der Waals surface area contributed by atoms with Gasteiger partial charge in [-0.25, -0.2) is 0 Å². The van der Waals surface area contributed by atoms with E-state index in [1.807, 2.05) is 26.0 Å². The number of benzene rings is 1. The Morgan fingerprint density at radius 1 is 1.41 bits per heavy atom. The van der Waals surface area contributed by atoms with Gasteiger partial charge in [-0.3, -0.25) is 9.69 Å². The first-order chi connectivity index (χ1) is 7.97. The molecule has 0 aromatic heterocycles. The third-order valence-corrected chi connectivity index (χ3v) is 3.57. The molecular weight excluding hydrogens is 238 g/mol. The van der Waals surface area contributed by atoms with E-state index in [0.717, 1.165) is 11.6 Å². The van der Waals surface area contributed by atoms with E-state index in [2.05, 4.69) is 4.90 Å². The highest BCUT2D eigenvalue weighted by Crippen LogP contribution is 2.25. The van der Waals surface area contributed by atoms with E-state index < -0.39 is 5.97 Å². The van der Waals surface area contributed by atoms with Gasteiger partial charge >= 0.3 is 5.97 Å². The van der Waals surface area contributed by atoms with E-state index in [1.165, 1.54) is 16.7 Å². The molecule has 1 heterocycles. The third kappa shape index (κ3) is 2.61. The second kappa shape index (κ2) is 4.67. The van der Waals surface area contributed by atoms with Gasteiger partial charge in [0.2, 0.25) is 0 Å². The molecule has 0 saturated carbocycles. The zero-order valence-corrected chi connectivity index (χ0v) is 10.8. The van der Waals surface area contributed by atoms with Crippen LogP contribution >= 0.6 is 11.6 Å². The molecule has 92 valence electrons. The van der Waals surface area contributed by atoms with Gasteiger partial charge in [0.1, 0.15) is 0 Å². The van der Waals surface area contributed by atoms with Crippen molar-refractivity contribution in [2.24, 2.45) is 5.92 Å². The predicted octanol–water partition coefficient (Wildman–Crippen LogP) is 2.47. The molecule has 0 amide bonds. The van der Waals surface area contributed by atoms with E-state index in [-0.39, 0.29) is 5.92 Å². The Bertz CT molecular complexity index is 430. The summed E-state index contributed by atoms with van der Waals surface area (Å²) in [6, 6.07) is 3.91. The van der Waals surface area contributed by atoms with Crippen LogP contribution in [0.25, 0.3) is 0 Å². The number of nitrogens with zero attached hydrogens (tertiary/aromatic N) is 1. The highest BCUT2D eigenvalue weighted by atomic mass is 35.5. The lowest BCUT2D eigenvalue weighted by molar-refractivity contribution is -0.147. The number of carbonyl (C=O) groups is 1. The maximum absolute atomic E-state index is 10.7. The Balaban J connectivity index is 2.04. The molecule has 4 heteroatoms. The lowest BCUT2D eigenvalue weighted by Crippen LogP contribution is -2.49. The van der Waals surface area contributed by atoms with Crippen molar-refractivity contribution in [3.8, 4) is 0 Å². The fraction of sp³-hybridized carbons (Fsp3) is 0.462. The number of hydrogen-bond acceptors (Lipinski definition) is 2. The van der Waals surface area contributed by atoms with Crippen molar-refractivity contribution in [3.63, 3.8) is 0 Å². The molecule has 3 nitrogen and oxygen atoms in total. The monoisotopic (exact) mass is 253 g/mol. The minimum Gasteiger partial charge on any atom is -0.481 e. The predicted molar refractivity (Wildman–Crippen MR) is 67.3 cm³/mol. The van der Waals surface area contributed by atoms with Gasteiger partial charge < -0.3 is 5.11 Å². The highest BCUT2D eigenvalue weighted by Gasteiger charge is 2.32. The lowest BCUT2D eigenvalue weighted by Gasteiger charge is -2.37. The van der Waals surface area contributed by atoms with Crippen LogP contribution in [0.4, 0.5) is 0 Å². The van der Waals surface area contributed by atoms with Gasteiger partial charge in [-0.15, -0.1) is 0 Å². The minimum absolute atomic E-state index is 0.192. The summed E-state index contributed by atoms with van der Waals surface area (Å²) in [6.45, 7) is 6.21. The van der Waals surface area contributed by atoms with Gasteiger partial charge in [0, 0.05) is 24.7 Å². The van der Waals surface area contributed by atoms with E-state index in [4.69, 9.17) is 16.7 Å². The molecule has 17 heavy (non-hydrogen) atoms. The summed E-state index contributed by atoms with van der Waals surface area (Å²) in [6.07, 6.45) is 0. The highest BCUT2D eigenvalue weighted by molar-refractivity contribution is 6.30. The van der Waals surface area contributed by atoms with Crippen molar-refractivity contribution in [1.82, 2.24) is 4.90 Å². The molecule has 0 atom stereocenters. The van der Waals surface area contributed by atoms with Crippen molar-refractivity contribution >= 4 is 17.6 Å². The van der Waals surface area contributed by atoms with Gasteiger partial charge in [-0.05, 0) is 42.7 Å². The first kappa shape index (κ1) is 12.4. The van der Waals surface area contributed by atoms with Crippen molar-refractivity contribution in [2.75, 3.05) is 13.1 Å². The number of likely N-dealkylation sites (tertiary alicyclic amines) is 1. The van der Waals surface area contributed by atoms with Gasteiger partial charge in [0.05, 0.1) is 5.92 Å². The molecule has 2 rings (SSSR count). The van der Waals surface area contributed by atoms with Crippen molar-refractivity contribution < 1.29 is 9.90 Å². The maximum atomic E-state index is 10.7. The van der Waals surface area contributed by atoms with Crippen LogP contribution in [0.5, 0.6) is 0 Å². The zero-order valence-electron chi connectivity index (χ0n) is 10.0. The SMILES string of the molecule is Cc1cc(Cl)cc(C)c1CN1CC(C(=O)O)C1. The third-order valence-electron chi connectivity index (χ3n) is 3.35. The summed E-state index contributed by atoms with van der Waals surface area (Å²) in [5.41, 5.74) is 3.61. The second-order valence-electron chi connectivity index (χ2n) is 4.75. The first-order valence-corrected chi connectivity index (χ1v) is 6.06. The van der Waals surface area contributed by atoms with Crippen LogP contribution in [0.15, 0.2) is 12.1 Å². The van der Waals surface area contributed by atoms with Crippen LogP contribution in [0, 0.1) is 19.8 Å². The first-order valence-electron chi connectivity index (χ1n) is 5.68. The smallest absolute Gasteiger partial charge is 0.309 e. The van der Waals surface area contributed by atoms with Crippen LogP contribution in [-0.4, -0.2) is 29.1 Å². The van der Waals surface area contributed by atoms with Gasteiger partial charge in [-0.1, -0.05) is 11.6 Å². The summed E-state index contributed by atoms with van der Waals surface area (Å²) in [7, 11) is 0. The fourth-order valence-corrected chi connectivity index (χ4v) is 2.60. The van der Waals surface area contributed by atoms with Gasteiger partial charge in [-0.2, -0.15) is 0 Å². The van der Waals surface area contributed by atoms with E-state index in [9.17, 15) is 4.79 Å². The van der Waals surface area contributed by atoms with Crippen molar-refractivity contribution in [3.05, 3.63) is 33.8 Å². The number of rotatable bonds is 3. The summed E-state index contributed by atoms with van der Waals surface area (Å²) in [4.78, 5) is 12.9.